The molecule has 2 unspecified atom stereocenters. The molecular weight excluding hydrogens is 451 g/mol. The summed E-state index contributed by atoms with van der Waals surface area (Å²) >= 11 is 0. The van der Waals surface area contributed by atoms with Crippen LogP contribution in [0.25, 0.3) is 0 Å². The zero-order chi connectivity index (χ0) is 23.4. The third-order valence-corrected chi connectivity index (χ3v) is 7.25. The number of halogens is 3. The molecule has 0 amide bonds. The van der Waals surface area contributed by atoms with Crippen LogP contribution in [0.3, 0.4) is 0 Å². The molecule has 8 nitrogen and oxygen atoms in total. The van der Waals surface area contributed by atoms with Crippen LogP contribution in [0.4, 0.5) is 13.2 Å². The zero-order valence-electron chi connectivity index (χ0n) is 17.8. The Morgan fingerprint density at radius 1 is 1.34 bits per heavy atom. The Balaban J connectivity index is 1.82. The summed E-state index contributed by atoms with van der Waals surface area (Å²) in [6, 6.07) is 4.31. The van der Waals surface area contributed by atoms with Gasteiger partial charge in [-0.05, 0) is 41.5 Å². The summed E-state index contributed by atoms with van der Waals surface area (Å²) < 4.78 is 77.5. The molecule has 0 bridgehead atoms. The molecule has 2 aliphatic heterocycles. The SMILES string of the molecule is CN(C)/C=N/C1=NC2(CO1)c1cc(OS(=O)(=O)C(F)(F)F)ccc1C[C@]1(C)CCOCC21. The van der Waals surface area contributed by atoms with Gasteiger partial charge in [0.05, 0.1) is 12.9 Å². The van der Waals surface area contributed by atoms with Gasteiger partial charge in [0.15, 0.2) is 0 Å². The lowest BCUT2D eigenvalue weighted by molar-refractivity contribution is -0.0792. The van der Waals surface area contributed by atoms with E-state index < -0.39 is 26.9 Å². The quantitative estimate of drug-likeness (QED) is 0.289. The lowest BCUT2D eigenvalue weighted by atomic mass is 9.56. The zero-order valence-corrected chi connectivity index (χ0v) is 18.7. The van der Waals surface area contributed by atoms with E-state index in [9.17, 15) is 21.6 Å². The number of ether oxygens (including phenoxy) is 2. The number of rotatable bonds is 3. The van der Waals surface area contributed by atoms with Gasteiger partial charge in [0.2, 0.25) is 0 Å². The maximum Gasteiger partial charge on any atom is 0.534 e. The van der Waals surface area contributed by atoms with Crippen LogP contribution in [0.2, 0.25) is 0 Å². The van der Waals surface area contributed by atoms with Gasteiger partial charge in [0, 0.05) is 26.6 Å². The van der Waals surface area contributed by atoms with Gasteiger partial charge in [-0.2, -0.15) is 26.6 Å². The molecule has 0 saturated carbocycles. The number of benzene rings is 1. The van der Waals surface area contributed by atoms with Crippen molar-refractivity contribution < 1.29 is 35.2 Å². The molecule has 3 aliphatic rings. The highest BCUT2D eigenvalue weighted by molar-refractivity contribution is 7.88. The summed E-state index contributed by atoms with van der Waals surface area (Å²) in [5, 5.41) is 0. The lowest BCUT2D eigenvalue weighted by Crippen LogP contribution is -2.54. The number of aliphatic imine (C=N–C) groups is 2. The van der Waals surface area contributed by atoms with Crippen LogP contribution >= 0.6 is 0 Å². The van der Waals surface area contributed by atoms with Crippen molar-refractivity contribution in [3.05, 3.63) is 29.3 Å². The second-order valence-electron chi connectivity index (χ2n) is 8.83. The molecule has 1 fully saturated rings. The van der Waals surface area contributed by atoms with Crippen molar-refractivity contribution in [2.24, 2.45) is 21.3 Å². The van der Waals surface area contributed by atoms with E-state index in [2.05, 4.69) is 16.1 Å². The largest absolute Gasteiger partial charge is 0.534 e. The van der Waals surface area contributed by atoms with Crippen LogP contribution in [0.5, 0.6) is 5.75 Å². The minimum Gasteiger partial charge on any atom is -0.461 e. The normalized spacial score (nSPS) is 29.9. The molecule has 12 heteroatoms. The molecular formula is C20H24F3N3O5S. The topological polar surface area (TPSA) is 89.8 Å². The molecule has 1 saturated heterocycles. The number of hydrogen-bond acceptors (Lipinski definition) is 7. The van der Waals surface area contributed by atoms with Gasteiger partial charge in [-0.1, -0.05) is 13.0 Å². The standard InChI is InChI=1S/C20H24F3N3O5S/c1-18-6-7-29-10-16(18)19(11-30-17(25-19)24-12-26(2)3)15-8-14(5-4-13(15)9-18)31-32(27,28)20(21,22)23/h4-5,8,12,16H,6-7,9-11H2,1-3H3/b24-12+/t16?,18-,19?/m0/s1. The predicted molar refractivity (Wildman–Crippen MR) is 110 cm³/mol. The highest BCUT2D eigenvalue weighted by atomic mass is 32.2. The molecule has 0 aromatic heterocycles. The first-order valence-corrected chi connectivity index (χ1v) is 11.4. The first-order valence-electron chi connectivity index (χ1n) is 10.0. The molecule has 1 spiro atoms. The van der Waals surface area contributed by atoms with E-state index in [0.29, 0.717) is 25.2 Å². The molecule has 2 heterocycles. The van der Waals surface area contributed by atoms with Gasteiger partial charge in [-0.25, -0.2) is 4.99 Å². The van der Waals surface area contributed by atoms with Crippen LogP contribution in [-0.2, 0) is 31.6 Å². The minimum absolute atomic E-state index is 0.110. The summed E-state index contributed by atoms with van der Waals surface area (Å²) in [4.78, 5) is 10.7. The lowest BCUT2D eigenvalue weighted by Gasteiger charge is -2.52. The molecule has 32 heavy (non-hydrogen) atoms. The smallest absolute Gasteiger partial charge is 0.461 e. The summed E-state index contributed by atoms with van der Waals surface area (Å²) in [6.45, 7) is 3.23. The highest BCUT2D eigenvalue weighted by Gasteiger charge is 2.58. The number of nitrogens with zero attached hydrogens (tertiary/aromatic N) is 3. The Morgan fingerprint density at radius 3 is 2.78 bits per heavy atom. The van der Waals surface area contributed by atoms with Crippen molar-refractivity contribution in [1.82, 2.24) is 4.90 Å². The highest BCUT2D eigenvalue weighted by Crippen LogP contribution is 2.56. The summed E-state index contributed by atoms with van der Waals surface area (Å²) in [5.41, 5.74) is -5.27. The van der Waals surface area contributed by atoms with E-state index >= 15 is 0 Å². The monoisotopic (exact) mass is 475 g/mol. The van der Waals surface area contributed by atoms with Crippen LogP contribution in [0.1, 0.15) is 24.5 Å². The Morgan fingerprint density at radius 2 is 2.09 bits per heavy atom. The maximum absolute atomic E-state index is 12.8. The van der Waals surface area contributed by atoms with E-state index in [1.165, 1.54) is 18.5 Å². The van der Waals surface area contributed by atoms with Gasteiger partial charge in [-0.15, -0.1) is 0 Å². The average molecular weight is 475 g/mol. The van der Waals surface area contributed by atoms with Gasteiger partial charge in [0.25, 0.3) is 0 Å². The number of amidine groups is 1. The second-order valence-corrected chi connectivity index (χ2v) is 10.4. The average Bonchev–Trinajstić information content (AvgIpc) is 3.10. The summed E-state index contributed by atoms with van der Waals surface area (Å²) in [5.74, 6) is -0.570. The van der Waals surface area contributed by atoms with E-state index in [1.807, 2.05) is 0 Å². The Bertz CT molecular complexity index is 1070. The van der Waals surface area contributed by atoms with Gasteiger partial charge >= 0.3 is 21.6 Å². The van der Waals surface area contributed by atoms with E-state index in [-0.39, 0.29) is 24.0 Å². The fourth-order valence-electron chi connectivity index (χ4n) is 4.73. The Kier molecular flexibility index (Phi) is 5.44. The first kappa shape index (κ1) is 22.8. The van der Waals surface area contributed by atoms with Crippen LogP contribution in [0.15, 0.2) is 28.2 Å². The molecule has 1 aromatic carbocycles. The Labute approximate surface area is 184 Å². The van der Waals surface area contributed by atoms with Crippen LogP contribution in [-0.4, -0.2) is 65.1 Å². The predicted octanol–water partition coefficient (Wildman–Crippen LogP) is 2.69. The molecule has 0 radical (unpaired) electrons. The minimum atomic E-state index is -5.80. The van der Waals surface area contributed by atoms with Crippen molar-refractivity contribution in [3.8, 4) is 5.75 Å². The van der Waals surface area contributed by atoms with Crippen LogP contribution in [0, 0.1) is 11.3 Å². The van der Waals surface area contributed by atoms with Crippen molar-refractivity contribution in [1.29, 1.82) is 0 Å². The Hall–Kier alpha value is -2.34. The second kappa shape index (κ2) is 7.62. The van der Waals surface area contributed by atoms with E-state index in [4.69, 9.17) is 14.5 Å². The molecule has 1 aliphatic carbocycles. The van der Waals surface area contributed by atoms with Gasteiger partial charge in [-0.3, -0.25) is 0 Å². The van der Waals surface area contributed by atoms with E-state index in [1.54, 1.807) is 25.1 Å². The third-order valence-electron chi connectivity index (χ3n) is 6.27. The summed E-state index contributed by atoms with van der Waals surface area (Å²) in [6.07, 6.45) is 2.97. The first-order chi connectivity index (χ1) is 14.9. The van der Waals surface area contributed by atoms with Crippen molar-refractivity contribution in [2.75, 3.05) is 33.9 Å². The van der Waals surface area contributed by atoms with E-state index in [0.717, 1.165) is 12.0 Å². The molecule has 176 valence electrons. The van der Waals surface area contributed by atoms with Gasteiger partial charge < -0.3 is 18.6 Å². The fraction of sp³-hybridized carbons (Fsp3) is 0.600. The molecule has 0 N–H and O–H groups in total. The number of hydrogen-bond donors (Lipinski definition) is 0. The van der Waals surface area contributed by atoms with Crippen molar-refractivity contribution in [3.63, 3.8) is 0 Å². The van der Waals surface area contributed by atoms with Crippen molar-refractivity contribution in [2.45, 2.75) is 30.8 Å². The maximum atomic E-state index is 12.8. The molecule has 4 rings (SSSR count). The van der Waals surface area contributed by atoms with Gasteiger partial charge in [0.1, 0.15) is 17.9 Å². The number of alkyl halides is 3. The third kappa shape index (κ3) is 3.83. The van der Waals surface area contributed by atoms with Crippen LogP contribution < -0.4 is 4.18 Å². The fourth-order valence-corrected chi connectivity index (χ4v) is 5.18. The molecule has 1 aromatic rings. The number of fused-ring (bicyclic) bond motifs is 4. The molecule has 3 atom stereocenters. The summed E-state index contributed by atoms with van der Waals surface area (Å²) in [7, 11) is -2.21. The van der Waals surface area contributed by atoms with Crippen molar-refractivity contribution >= 4 is 22.5 Å².